The van der Waals surface area contributed by atoms with Crippen molar-refractivity contribution >= 4 is 11.9 Å². The smallest absolute Gasteiger partial charge is 0.306 e. The number of rotatable bonds is 36. The van der Waals surface area contributed by atoms with Gasteiger partial charge in [0.25, 0.3) is 0 Å². The first-order valence-corrected chi connectivity index (χ1v) is 24.2. The van der Waals surface area contributed by atoms with Crippen LogP contribution < -0.4 is 0 Å². The van der Waals surface area contributed by atoms with Gasteiger partial charge in [0.1, 0.15) is 55.4 Å². The summed E-state index contributed by atoms with van der Waals surface area (Å²) >= 11 is 0. The Hall–Kier alpha value is -2.54. The van der Waals surface area contributed by atoms with Crippen LogP contribution in [0.4, 0.5) is 0 Å². The van der Waals surface area contributed by atoms with Crippen molar-refractivity contribution in [1.82, 2.24) is 0 Å². The number of hydrogen-bond acceptors (Lipinski definition) is 15. The van der Waals surface area contributed by atoms with Crippen LogP contribution in [0.5, 0.6) is 0 Å². The minimum atomic E-state index is -1.77. The molecule has 64 heavy (non-hydrogen) atoms. The Bertz CT molecular complexity index is 1300. The van der Waals surface area contributed by atoms with Crippen molar-refractivity contribution in [1.29, 1.82) is 0 Å². The SMILES string of the molecule is CC/C=C/C/C=C/C/C=C/C/C=C/CCCCC(=O)O[C@H](COC(=O)CCCCCCCCCCCCCCC)CO[C@@H]1O[C@H](CO[C@@H]2O[C@H](CO)[C@H](O)C(O)C2O)[C@H](O)C(O)C1O. The zero-order valence-electron chi connectivity index (χ0n) is 38.8. The van der Waals surface area contributed by atoms with Crippen molar-refractivity contribution in [3.05, 3.63) is 48.6 Å². The van der Waals surface area contributed by atoms with Crippen molar-refractivity contribution in [3.63, 3.8) is 0 Å². The first-order chi connectivity index (χ1) is 31.0. The van der Waals surface area contributed by atoms with Gasteiger partial charge < -0.3 is 64.2 Å². The maximum absolute atomic E-state index is 12.9. The molecule has 0 aromatic carbocycles. The van der Waals surface area contributed by atoms with Gasteiger partial charge in [-0.3, -0.25) is 9.59 Å². The molecule has 15 heteroatoms. The second-order valence-corrected chi connectivity index (χ2v) is 16.9. The third-order valence-electron chi connectivity index (χ3n) is 11.3. The van der Waals surface area contributed by atoms with Crippen molar-refractivity contribution < 1.29 is 73.8 Å². The van der Waals surface area contributed by atoms with Crippen LogP contribution in [-0.4, -0.2) is 142 Å². The van der Waals surface area contributed by atoms with Crippen LogP contribution in [0, 0.1) is 0 Å². The van der Waals surface area contributed by atoms with Crippen LogP contribution in [0.25, 0.3) is 0 Å². The van der Waals surface area contributed by atoms with Gasteiger partial charge in [-0.05, 0) is 51.4 Å². The maximum Gasteiger partial charge on any atom is 0.306 e. The van der Waals surface area contributed by atoms with Crippen LogP contribution in [0.15, 0.2) is 48.6 Å². The molecule has 0 saturated carbocycles. The number of unbranched alkanes of at least 4 members (excludes halogenated alkanes) is 14. The summed E-state index contributed by atoms with van der Waals surface area (Å²) in [6, 6.07) is 0. The average Bonchev–Trinajstić information content (AvgIpc) is 3.29. The molecular weight excluding hydrogens is 829 g/mol. The highest BCUT2D eigenvalue weighted by Gasteiger charge is 2.47. The summed E-state index contributed by atoms with van der Waals surface area (Å²) in [5.74, 6) is -0.974. The number of hydrogen-bond donors (Lipinski definition) is 7. The second-order valence-electron chi connectivity index (χ2n) is 16.9. The largest absolute Gasteiger partial charge is 0.462 e. The van der Waals surface area contributed by atoms with Gasteiger partial charge in [-0.25, -0.2) is 0 Å². The van der Waals surface area contributed by atoms with E-state index in [9.17, 15) is 45.3 Å². The lowest BCUT2D eigenvalue weighted by Crippen LogP contribution is -2.61. The number of ether oxygens (including phenoxy) is 6. The Morgan fingerprint density at radius 3 is 1.55 bits per heavy atom. The van der Waals surface area contributed by atoms with E-state index in [-0.39, 0.29) is 19.4 Å². The van der Waals surface area contributed by atoms with E-state index >= 15 is 0 Å². The molecule has 2 aliphatic heterocycles. The zero-order chi connectivity index (χ0) is 46.8. The minimum Gasteiger partial charge on any atom is -0.462 e. The molecule has 0 aromatic rings. The van der Waals surface area contributed by atoms with E-state index in [1.807, 2.05) is 0 Å². The summed E-state index contributed by atoms with van der Waals surface area (Å²) < 4.78 is 33.5. The predicted molar refractivity (Wildman–Crippen MR) is 243 cm³/mol. The van der Waals surface area contributed by atoms with Crippen LogP contribution in [0.1, 0.15) is 155 Å². The number of carbonyl (C=O) groups is 2. The van der Waals surface area contributed by atoms with Crippen LogP contribution in [-0.2, 0) is 38.0 Å². The summed E-state index contributed by atoms with van der Waals surface area (Å²) in [6.45, 7) is 2.41. The lowest BCUT2D eigenvalue weighted by molar-refractivity contribution is -0.332. The number of allylic oxidation sites excluding steroid dienone is 8. The van der Waals surface area contributed by atoms with E-state index in [0.717, 1.165) is 57.8 Å². The molecule has 0 aliphatic carbocycles. The third-order valence-corrected chi connectivity index (χ3v) is 11.3. The summed E-state index contributed by atoms with van der Waals surface area (Å²) in [4.78, 5) is 25.7. The maximum atomic E-state index is 12.9. The Kier molecular flexibility index (Phi) is 32.9. The fourth-order valence-corrected chi connectivity index (χ4v) is 7.32. The zero-order valence-corrected chi connectivity index (χ0v) is 38.8. The first kappa shape index (κ1) is 57.6. The van der Waals surface area contributed by atoms with Gasteiger partial charge in [-0.15, -0.1) is 0 Å². The fourth-order valence-electron chi connectivity index (χ4n) is 7.32. The second kappa shape index (κ2) is 36.6. The molecule has 2 aliphatic rings. The average molecular weight is 913 g/mol. The van der Waals surface area contributed by atoms with Crippen LogP contribution >= 0.6 is 0 Å². The van der Waals surface area contributed by atoms with E-state index in [1.165, 1.54) is 57.8 Å². The molecule has 0 radical (unpaired) electrons. The van der Waals surface area contributed by atoms with E-state index in [0.29, 0.717) is 12.8 Å². The number of carbonyl (C=O) groups excluding carboxylic acids is 2. The van der Waals surface area contributed by atoms with Crippen molar-refractivity contribution in [2.75, 3.05) is 26.4 Å². The summed E-state index contributed by atoms with van der Waals surface area (Å²) in [5.41, 5.74) is 0. The topological polar surface area (TPSA) is 231 Å². The molecule has 4 unspecified atom stereocenters. The standard InChI is InChI=1S/C49H84O15/c1-3-5-7-9-11-13-15-17-18-20-22-24-26-28-30-32-41(52)62-37(34-59-40(51)31-29-27-25-23-21-19-16-14-12-10-8-6-4-2)35-60-48-47(58)45(56)43(54)39(64-48)36-61-49-46(57)44(55)42(53)38(33-50)63-49/h5,7,11,13,17-18,22,24,37-39,42-50,53-58H,3-4,6,8-10,12,14-16,19-21,23,25-36H2,1-2H3/b7-5+,13-11+,18-17+,24-22+/t37-,38-,39-,42+,43+,44?,45?,46?,47?,48-,49-/m1/s1. The van der Waals surface area contributed by atoms with Crippen LogP contribution in [0.3, 0.4) is 0 Å². The van der Waals surface area contributed by atoms with Crippen molar-refractivity contribution in [2.45, 2.75) is 223 Å². The molecule has 11 atom stereocenters. The van der Waals surface area contributed by atoms with Crippen molar-refractivity contribution in [2.24, 2.45) is 0 Å². The Labute approximate surface area is 382 Å². The highest BCUT2D eigenvalue weighted by molar-refractivity contribution is 5.70. The molecule has 0 bridgehead atoms. The Morgan fingerprint density at radius 1 is 0.516 bits per heavy atom. The van der Waals surface area contributed by atoms with Gasteiger partial charge in [-0.2, -0.15) is 0 Å². The molecular formula is C49H84O15. The van der Waals surface area contributed by atoms with Gasteiger partial charge in [-0.1, -0.05) is 140 Å². The molecule has 2 saturated heterocycles. The quantitative estimate of drug-likeness (QED) is 0.0220. The molecule has 7 N–H and O–H groups in total. The van der Waals surface area contributed by atoms with E-state index in [1.54, 1.807) is 0 Å². The molecule has 2 rings (SSSR count). The van der Waals surface area contributed by atoms with Gasteiger partial charge in [0.2, 0.25) is 0 Å². The highest BCUT2D eigenvalue weighted by atomic mass is 16.7. The summed E-state index contributed by atoms with van der Waals surface area (Å²) in [5, 5.41) is 71.9. The molecule has 2 fully saturated rings. The number of esters is 2. The molecule has 2 heterocycles. The Balaban J connectivity index is 1.86. The molecule has 0 spiro atoms. The lowest BCUT2D eigenvalue weighted by Gasteiger charge is -2.42. The first-order valence-electron chi connectivity index (χ1n) is 24.2. The van der Waals surface area contributed by atoms with Gasteiger partial charge in [0.05, 0.1) is 19.8 Å². The lowest BCUT2D eigenvalue weighted by atomic mass is 9.98. The monoisotopic (exact) mass is 913 g/mol. The van der Waals surface area contributed by atoms with Gasteiger partial charge in [0.15, 0.2) is 18.7 Å². The molecule has 0 amide bonds. The molecule has 0 aromatic heterocycles. The van der Waals surface area contributed by atoms with Gasteiger partial charge >= 0.3 is 11.9 Å². The predicted octanol–water partition coefficient (Wildman–Crippen LogP) is 5.93. The summed E-state index contributed by atoms with van der Waals surface area (Å²) in [6.07, 6.45) is 21.5. The molecule has 370 valence electrons. The van der Waals surface area contributed by atoms with Crippen LogP contribution in [0.2, 0.25) is 0 Å². The van der Waals surface area contributed by atoms with E-state index in [2.05, 4.69) is 62.5 Å². The van der Waals surface area contributed by atoms with Gasteiger partial charge in [0, 0.05) is 12.8 Å². The highest BCUT2D eigenvalue weighted by Crippen LogP contribution is 2.26. The van der Waals surface area contributed by atoms with E-state index < -0.39 is 99.3 Å². The summed E-state index contributed by atoms with van der Waals surface area (Å²) in [7, 11) is 0. The normalized spacial score (nSPS) is 27.0. The minimum absolute atomic E-state index is 0.113. The van der Waals surface area contributed by atoms with Crippen molar-refractivity contribution in [3.8, 4) is 0 Å². The Morgan fingerprint density at radius 2 is 0.984 bits per heavy atom. The number of aliphatic hydroxyl groups is 7. The fraction of sp³-hybridized carbons (Fsp3) is 0.796. The van der Waals surface area contributed by atoms with E-state index in [4.69, 9.17) is 28.4 Å². The third kappa shape index (κ3) is 24.8. The number of aliphatic hydroxyl groups excluding tert-OH is 7. The molecule has 15 nitrogen and oxygen atoms in total.